The molecule has 1 N–H and O–H groups in total. The van der Waals surface area contributed by atoms with E-state index in [9.17, 15) is 18.9 Å². The molecule has 0 atom stereocenters. The SMILES string of the molecule is CCNc1cc([N+](=O)[O-])cc(Sc2ccc(F)cc2F)n1. The molecule has 0 saturated heterocycles. The van der Waals surface area contributed by atoms with Gasteiger partial charge in [0.05, 0.1) is 11.0 Å². The van der Waals surface area contributed by atoms with Crippen LogP contribution in [0.4, 0.5) is 20.3 Å². The van der Waals surface area contributed by atoms with Crippen LogP contribution in [0, 0.1) is 21.7 Å². The molecule has 1 aromatic heterocycles. The zero-order valence-corrected chi connectivity index (χ0v) is 11.8. The first-order valence-electron chi connectivity index (χ1n) is 6.03. The molecule has 0 aliphatic heterocycles. The summed E-state index contributed by atoms with van der Waals surface area (Å²) in [5, 5.41) is 14.0. The molecule has 0 saturated carbocycles. The summed E-state index contributed by atoms with van der Waals surface area (Å²) in [6.45, 7) is 2.37. The quantitative estimate of drug-likeness (QED) is 0.671. The maximum Gasteiger partial charge on any atom is 0.275 e. The van der Waals surface area contributed by atoms with E-state index in [2.05, 4.69) is 10.3 Å². The van der Waals surface area contributed by atoms with Crippen LogP contribution in [0.1, 0.15) is 6.92 Å². The van der Waals surface area contributed by atoms with Crippen molar-refractivity contribution in [1.29, 1.82) is 0 Å². The molecular weight excluding hydrogens is 300 g/mol. The van der Waals surface area contributed by atoms with Crippen molar-refractivity contribution in [2.45, 2.75) is 16.8 Å². The normalized spacial score (nSPS) is 10.4. The number of hydrogen-bond acceptors (Lipinski definition) is 5. The molecule has 0 radical (unpaired) electrons. The molecule has 5 nitrogen and oxygen atoms in total. The maximum atomic E-state index is 13.6. The Morgan fingerprint density at radius 3 is 2.71 bits per heavy atom. The van der Waals surface area contributed by atoms with Gasteiger partial charge in [-0.15, -0.1) is 0 Å². The fourth-order valence-electron chi connectivity index (χ4n) is 1.59. The molecule has 0 aliphatic carbocycles. The number of nitrogens with zero attached hydrogens (tertiary/aromatic N) is 2. The largest absolute Gasteiger partial charge is 0.370 e. The minimum Gasteiger partial charge on any atom is -0.370 e. The van der Waals surface area contributed by atoms with Crippen LogP contribution in [-0.4, -0.2) is 16.5 Å². The van der Waals surface area contributed by atoms with E-state index in [0.29, 0.717) is 12.4 Å². The second-order valence-electron chi connectivity index (χ2n) is 4.01. The van der Waals surface area contributed by atoms with Gasteiger partial charge in [0.2, 0.25) is 0 Å². The van der Waals surface area contributed by atoms with E-state index in [-0.39, 0.29) is 15.6 Å². The first-order chi connectivity index (χ1) is 9.99. The zero-order valence-electron chi connectivity index (χ0n) is 11.0. The average molecular weight is 311 g/mol. The van der Waals surface area contributed by atoms with Crippen molar-refractivity contribution in [2.75, 3.05) is 11.9 Å². The maximum absolute atomic E-state index is 13.6. The Bertz CT molecular complexity index is 682. The predicted octanol–water partition coefficient (Wildman–Crippen LogP) is 3.85. The monoisotopic (exact) mass is 311 g/mol. The van der Waals surface area contributed by atoms with Crippen LogP contribution in [0.25, 0.3) is 0 Å². The molecule has 110 valence electrons. The fraction of sp³-hybridized carbons (Fsp3) is 0.154. The predicted molar refractivity (Wildman–Crippen MR) is 75.5 cm³/mol. The zero-order chi connectivity index (χ0) is 15.4. The number of nitrogens with one attached hydrogen (secondary N) is 1. The van der Waals surface area contributed by atoms with Gasteiger partial charge in [-0.3, -0.25) is 10.1 Å². The minimum absolute atomic E-state index is 0.145. The van der Waals surface area contributed by atoms with Crippen molar-refractivity contribution in [2.24, 2.45) is 0 Å². The van der Waals surface area contributed by atoms with Gasteiger partial charge in [0.25, 0.3) is 5.69 Å². The highest BCUT2D eigenvalue weighted by Gasteiger charge is 2.13. The van der Waals surface area contributed by atoms with Gasteiger partial charge in [-0.1, -0.05) is 11.8 Å². The number of hydrogen-bond donors (Lipinski definition) is 1. The summed E-state index contributed by atoms with van der Waals surface area (Å²) < 4.78 is 26.5. The Hall–Kier alpha value is -2.22. The lowest BCUT2D eigenvalue weighted by molar-refractivity contribution is -0.385. The Kier molecular flexibility index (Phi) is 4.69. The van der Waals surface area contributed by atoms with Crippen LogP contribution >= 0.6 is 11.8 Å². The van der Waals surface area contributed by atoms with Crippen LogP contribution in [0.5, 0.6) is 0 Å². The summed E-state index contributed by atoms with van der Waals surface area (Å²) in [6, 6.07) is 5.69. The second-order valence-corrected chi connectivity index (χ2v) is 5.08. The van der Waals surface area contributed by atoms with E-state index in [0.717, 1.165) is 23.9 Å². The molecule has 0 bridgehead atoms. The lowest BCUT2D eigenvalue weighted by Crippen LogP contribution is -2.01. The molecule has 2 rings (SSSR count). The minimum atomic E-state index is -0.738. The van der Waals surface area contributed by atoms with E-state index in [4.69, 9.17) is 0 Å². The van der Waals surface area contributed by atoms with E-state index in [1.807, 2.05) is 6.92 Å². The van der Waals surface area contributed by atoms with Gasteiger partial charge < -0.3 is 5.32 Å². The van der Waals surface area contributed by atoms with E-state index >= 15 is 0 Å². The summed E-state index contributed by atoms with van der Waals surface area (Å²) in [5.41, 5.74) is -0.147. The molecule has 0 amide bonds. The Balaban J connectivity index is 2.36. The third-order valence-corrected chi connectivity index (χ3v) is 3.43. The molecular formula is C13H11F2N3O2S. The van der Waals surface area contributed by atoms with E-state index in [1.165, 1.54) is 18.2 Å². The first kappa shape index (κ1) is 15.2. The van der Waals surface area contributed by atoms with Gasteiger partial charge in [0, 0.05) is 23.6 Å². The number of nitro groups is 1. The molecule has 8 heteroatoms. The number of anilines is 1. The summed E-state index contributed by atoms with van der Waals surface area (Å²) in [6.07, 6.45) is 0. The molecule has 0 aliphatic rings. The highest BCUT2D eigenvalue weighted by Crippen LogP contribution is 2.32. The second kappa shape index (κ2) is 6.49. The van der Waals surface area contributed by atoms with Crippen molar-refractivity contribution in [3.05, 3.63) is 52.1 Å². The first-order valence-corrected chi connectivity index (χ1v) is 6.84. The van der Waals surface area contributed by atoms with Crippen LogP contribution < -0.4 is 5.32 Å². The van der Waals surface area contributed by atoms with Crippen LogP contribution in [-0.2, 0) is 0 Å². The lowest BCUT2D eigenvalue weighted by Gasteiger charge is -2.06. The van der Waals surface area contributed by atoms with Gasteiger partial charge in [-0.2, -0.15) is 0 Å². The van der Waals surface area contributed by atoms with Gasteiger partial charge in [0.1, 0.15) is 22.5 Å². The van der Waals surface area contributed by atoms with Gasteiger partial charge in [0.15, 0.2) is 0 Å². The highest BCUT2D eigenvalue weighted by molar-refractivity contribution is 7.99. The molecule has 0 spiro atoms. The Labute approximate surface area is 123 Å². The average Bonchev–Trinajstić information content (AvgIpc) is 2.42. The number of rotatable bonds is 5. The standard InChI is InChI=1S/C13H11F2N3O2S/c1-2-16-12-6-9(18(19)20)7-13(17-12)21-11-4-3-8(14)5-10(11)15/h3-7H,2H2,1H3,(H,16,17). The van der Waals surface area contributed by atoms with Crippen molar-refractivity contribution in [3.8, 4) is 0 Å². The number of aromatic nitrogens is 1. The molecule has 0 unspecified atom stereocenters. The van der Waals surface area contributed by atoms with Crippen molar-refractivity contribution < 1.29 is 13.7 Å². The summed E-state index contributed by atoms with van der Waals surface area (Å²) >= 11 is 0.897. The Morgan fingerprint density at radius 2 is 2.10 bits per heavy atom. The third-order valence-electron chi connectivity index (χ3n) is 2.46. The Morgan fingerprint density at radius 1 is 1.33 bits per heavy atom. The summed E-state index contributed by atoms with van der Waals surface area (Å²) in [4.78, 5) is 14.6. The summed E-state index contributed by atoms with van der Waals surface area (Å²) in [7, 11) is 0. The van der Waals surface area contributed by atoms with Crippen molar-refractivity contribution in [1.82, 2.24) is 4.98 Å². The molecule has 1 aromatic carbocycles. The fourth-order valence-corrected chi connectivity index (χ4v) is 2.43. The topological polar surface area (TPSA) is 68.1 Å². The number of pyridine rings is 1. The smallest absolute Gasteiger partial charge is 0.275 e. The van der Waals surface area contributed by atoms with Crippen molar-refractivity contribution >= 4 is 23.3 Å². The van der Waals surface area contributed by atoms with Gasteiger partial charge in [-0.05, 0) is 19.1 Å². The molecule has 1 heterocycles. The van der Waals surface area contributed by atoms with Crippen LogP contribution in [0.2, 0.25) is 0 Å². The van der Waals surface area contributed by atoms with Crippen LogP contribution in [0.3, 0.4) is 0 Å². The molecule has 21 heavy (non-hydrogen) atoms. The van der Waals surface area contributed by atoms with Gasteiger partial charge >= 0.3 is 0 Å². The van der Waals surface area contributed by atoms with E-state index in [1.54, 1.807) is 0 Å². The van der Waals surface area contributed by atoms with Crippen LogP contribution in [0.15, 0.2) is 40.3 Å². The molecule has 0 fully saturated rings. The van der Waals surface area contributed by atoms with Crippen molar-refractivity contribution in [3.63, 3.8) is 0 Å². The number of halogens is 2. The molecule has 2 aromatic rings. The third kappa shape index (κ3) is 3.88. The van der Waals surface area contributed by atoms with Gasteiger partial charge in [-0.25, -0.2) is 13.8 Å². The van der Waals surface area contributed by atoms with E-state index < -0.39 is 16.6 Å². The number of benzene rings is 1. The lowest BCUT2D eigenvalue weighted by atomic mass is 10.3. The summed E-state index contributed by atoms with van der Waals surface area (Å²) in [5.74, 6) is -1.09. The highest BCUT2D eigenvalue weighted by atomic mass is 32.2.